The van der Waals surface area contributed by atoms with Crippen molar-refractivity contribution in [2.45, 2.75) is 39.5 Å². The van der Waals surface area contributed by atoms with Crippen LogP contribution in [0.25, 0.3) is 0 Å². The zero-order chi connectivity index (χ0) is 16.3. The zero-order valence-electron chi connectivity index (χ0n) is 13.3. The van der Waals surface area contributed by atoms with Crippen molar-refractivity contribution in [3.05, 3.63) is 45.4 Å². The molecule has 1 aromatic heterocycles. The number of ether oxygens (including phenoxy) is 1. The molecule has 2 rings (SSSR count). The predicted molar refractivity (Wildman–Crippen MR) is 88.1 cm³/mol. The van der Waals surface area contributed by atoms with E-state index in [1.807, 2.05) is 12.1 Å². The first-order valence-corrected chi connectivity index (χ1v) is 8.07. The van der Waals surface area contributed by atoms with Crippen LogP contribution < -0.4 is 4.74 Å². The van der Waals surface area contributed by atoms with Crippen LogP contribution in [0.2, 0.25) is 0 Å². The molecule has 1 N–H and O–H groups in total. The van der Waals surface area contributed by atoms with Gasteiger partial charge < -0.3 is 9.84 Å². The molecular weight excluding hydrogens is 298 g/mol. The molecule has 0 aliphatic rings. The van der Waals surface area contributed by atoms with Gasteiger partial charge >= 0.3 is 5.97 Å². The van der Waals surface area contributed by atoms with E-state index in [9.17, 15) is 4.79 Å². The third-order valence-electron chi connectivity index (χ3n) is 3.84. The first-order valence-electron chi connectivity index (χ1n) is 7.19. The molecule has 22 heavy (non-hydrogen) atoms. The number of rotatable bonds is 6. The maximum atomic E-state index is 10.9. The average Bonchev–Trinajstić information content (AvgIpc) is 2.94. The normalized spacial score (nSPS) is 11.5. The Kier molecular flexibility index (Phi) is 4.86. The van der Waals surface area contributed by atoms with E-state index < -0.39 is 5.97 Å². The van der Waals surface area contributed by atoms with Crippen molar-refractivity contribution in [3.8, 4) is 5.75 Å². The Balaban J connectivity index is 2.00. The second kappa shape index (κ2) is 6.48. The van der Waals surface area contributed by atoms with E-state index in [-0.39, 0.29) is 11.1 Å². The second-order valence-corrected chi connectivity index (χ2v) is 6.88. The van der Waals surface area contributed by atoms with Gasteiger partial charge in [-0.15, -0.1) is 11.3 Å². The van der Waals surface area contributed by atoms with Gasteiger partial charge in [-0.25, -0.2) is 9.78 Å². The highest BCUT2D eigenvalue weighted by molar-refractivity contribution is 7.10. The summed E-state index contributed by atoms with van der Waals surface area (Å²) in [5.41, 5.74) is 2.27. The van der Waals surface area contributed by atoms with Gasteiger partial charge in [-0.1, -0.05) is 26.0 Å². The van der Waals surface area contributed by atoms with Gasteiger partial charge in [-0.05, 0) is 37.5 Å². The molecule has 2 aromatic rings. The average molecular weight is 319 g/mol. The van der Waals surface area contributed by atoms with Crippen LogP contribution in [-0.2, 0) is 5.41 Å². The molecule has 1 aromatic carbocycles. The highest BCUT2D eigenvalue weighted by Crippen LogP contribution is 2.30. The largest absolute Gasteiger partial charge is 0.493 e. The van der Waals surface area contributed by atoms with Crippen LogP contribution in [0.15, 0.2) is 23.6 Å². The minimum absolute atomic E-state index is 0.114. The minimum atomic E-state index is -0.982. The van der Waals surface area contributed by atoms with E-state index in [0.29, 0.717) is 6.61 Å². The molecular formula is C17H21NO3S. The molecule has 1 heterocycles. The summed E-state index contributed by atoms with van der Waals surface area (Å²) in [4.78, 5) is 15.1. The number of carboxylic acid groups (broad SMARTS) is 1. The van der Waals surface area contributed by atoms with E-state index in [1.165, 1.54) is 16.9 Å². The summed E-state index contributed by atoms with van der Waals surface area (Å²) in [5, 5.41) is 11.4. The first-order chi connectivity index (χ1) is 10.3. The number of carbonyl (C=O) groups is 1. The molecule has 0 aliphatic heterocycles. The fourth-order valence-electron chi connectivity index (χ4n) is 2.09. The standard InChI is InChI=1S/C17H21NO3S/c1-11-6-5-7-14(12(11)2)21-9-8-17(3,4)16-18-13(10-22-16)15(19)20/h5-7,10H,8-9H2,1-4H3,(H,19,20). The smallest absolute Gasteiger partial charge is 0.355 e. The summed E-state index contributed by atoms with van der Waals surface area (Å²) >= 11 is 1.39. The lowest BCUT2D eigenvalue weighted by molar-refractivity contribution is 0.0691. The summed E-state index contributed by atoms with van der Waals surface area (Å²) in [6.45, 7) is 8.80. The van der Waals surface area contributed by atoms with E-state index in [1.54, 1.807) is 5.38 Å². The Morgan fingerprint density at radius 2 is 2.09 bits per heavy atom. The SMILES string of the molecule is Cc1cccc(OCCC(C)(C)c2nc(C(=O)O)cs2)c1C. The highest BCUT2D eigenvalue weighted by Gasteiger charge is 2.25. The van der Waals surface area contributed by atoms with Crippen LogP contribution in [0.4, 0.5) is 0 Å². The van der Waals surface area contributed by atoms with Gasteiger partial charge in [0.05, 0.1) is 11.6 Å². The van der Waals surface area contributed by atoms with Gasteiger partial charge in [0.25, 0.3) is 0 Å². The summed E-state index contributed by atoms with van der Waals surface area (Å²) in [5.74, 6) is -0.0777. The number of aryl methyl sites for hydroxylation is 1. The zero-order valence-corrected chi connectivity index (χ0v) is 14.2. The van der Waals surface area contributed by atoms with Crippen LogP contribution in [0.3, 0.4) is 0 Å². The lowest BCUT2D eigenvalue weighted by Crippen LogP contribution is -2.21. The van der Waals surface area contributed by atoms with Crippen molar-refractivity contribution in [1.29, 1.82) is 0 Å². The van der Waals surface area contributed by atoms with E-state index >= 15 is 0 Å². The van der Waals surface area contributed by atoms with Crippen molar-refractivity contribution in [2.75, 3.05) is 6.61 Å². The molecule has 4 nitrogen and oxygen atoms in total. The fourth-order valence-corrected chi connectivity index (χ4v) is 3.04. The number of aromatic nitrogens is 1. The van der Waals surface area contributed by atoms with Gasteiger partial charge in [0.15, 0.2) is 5.69 Å². The van der Waals surface area contributed by atoms with Gasteiger partial charge in [0.2, 0.25) is 0 Å². The molecule has 0 amide bonds. The van der Waals surface area contributed by atoms with E-state index in [4.69, 9.17) is 9.84 Å². The molecule has 5 heteroatoms. The summed E-state index contributed by atoms with van der Waals surface area (Å²) in [6.07, 6.45) is 0.771. The summed E-state index contributed by atoms with van der Waals surface area (Å²) in [6, 6.07) is 6.03. The molecule has 0 aliphatic carbocycles. The molecule has 0 spiro atoms. The van der Waals surface area contributed by atoms with Crippen LogP contribution in [0, 0.1) is 13.8 Å². The number of nitrogens with zero attached hydrogens (tertiary/aromatic N) is 1. The molecule has 0 saturated heterocycles. The third kappa shape index (κ3) is 3.65. The second-order valence-electron chi connectivity index (χ2n) is 6.02. The third-order valence-corrected chi connectivity index (χ3v) is 5.05. The van der Waals surface area contributed by atoms with Crippen LogP contribution in [0.1, 0.15) is 46.9 Å². The fraction of sp³-hybridized carbons (Fsp3) is 0.412. The van der Waals surface area contributed by atoms with Crippen molar-refractivity contribution in [2.24, 2.45) is 0 Å². The number of thiazole rings is 1. The van der Waals surface area contributed by atoms with Gasteiger partial charge in [-0.3, -0.25) is 0 Å². The molecule has 0 atom stereocenters. The lowest BCUT2D eigenvalue weighted by atomic mass is 9.90. The maximum absolute atomic E-state index is 10.9. The Morgan fingerprint density at radius 1 is 1.36 bits per heavy atom. The molecule has 0 radical (unpaired) electrons. The van der Waals surface area contributed by atoms with Crippen molar-refractivity contribution < 1.29 is 14.6 Å². The van der Waals surface area contributed by atoms with Gasteiger partial charge in [0.1, 0.15) is 5.75 Å². The number of aromatic carboxylic acids is 1. The van der Waals surface area contributed by atoms with Gasteiger partial charge in [-0.2, -0.15) is 0 Å². The molecule has 0 saturated carbocycles. The van der Waals surface area contributed by atoms with Crippen molar-refractivity contribution in [3.63, 3.8) is 0 Å². The Bertz CT molecular complexity index is 676. The molecule has 0 fully saturated rings. The highest BCUT2D eigenvalue weighted by atomic mass is 32.1. The monoisotopic (exact) mass is 319 g/mol. The minimum Gasteiger partial charge on any atom is -0.493 e. The van der Waals surface area contributed by atoms with E-state index in [2.05, 4.69) is 38.7 Å². The van der Waals surface area contributed by atoms with Crippen LogP contribution in [0.5, 0.6) is 5.75 Å². The lowest BCUT2D eigenvalue weighted by Gasteiger charge is -2.22. The Hall–Kier alpha value is -1.88. The Morgan fingerprint density at radius 3 is 2.73 bits per heavy atom. The number of hydrogen-bond donors (Lipinski definition) is 1. The predicted octanol–water partition coefficient (Wildman–Crippen LogP) is 4.20. The summed E-state index contributed by atoms with van der Waals surface area (Å²) in [7, 11) is 0. The molecule has 0 unspecified atom stereocenters. The topological polar surface area (TPSA) is 59.4 Å². The Labute approximate surface area is 134 Å². The first kappa shape index (κ1) is 16.5. The maximum Gasteiger partial charge on any atom is 0.355 e. The molecule has 0 bridgehead atoms. The van der Waals surface area contributed by atoms with E-state index in [0.717, 1.165) is 22.7 Å². The van der Waals surface area contributed by atoms with Gasteiger partial charge in [0, 0.05) is 10.8 Å². The molecule has 118 valence electrons. The number of benzene rings is 1. The van der Waals surface area contributed by atoms with Crippen molar-refractivity contribution in [1.82, 2.24) is 4.98 Å². The number of carboxylic acids is 1. The quantitative estimate of drug-likeness (QED) is 0.866. The van der Waals surface area contributed by atoms with Crippen LogP contribution in [-0.4, -0.2) is 22.7 Å². The summed E-state index contributed by atoms with van der Waals surface area (Å²) < 4.78 is 5.89. The van der Waals surface area contributed by atoms with Crippen molar-refractivity contribution >= 4 is 17.3 Å². The number of hydrogen-bond acceptors (Lipinski definition) is 4. The van der Waals surface area contributed by atoms with Crippen LogP contribution >= 0.6 is 11.3 Å².